The summed E-state index contributed by atoms with van der Waals surface area (Å²) in [6, 6.07) is 16.3. The van der Waals surface area contributed by atoms with Crippen molar-refractivity contribution in [3.8, 4) is 5.75 Å². The number of hydrogen-bond acceptors (Lipinski definition) is 2. The van der Waals surface area contributed by atoms with Gasteiger partial charge in [0.05, 0.1) is 0 Å². The molecule has 1 amide bonds. The maximum atomic E-state index is 12.8. The van der Waals surface area contributed by atoms with Crippen molar-refractivity contribution >= 4 is 5.91 Å². The van der Waals surface area contributed by atoms with E-state index in [2.05, 4.69) is 38.1 Å². The molecule has 0 aromatic heterocycles. The van der Waals surface area contributed by atoms with Crippen molar-refractivity contribution in [2.45, 2.75) is 45.8 Å². The number of benzene rings is 2. The van der Waals surface area contributed by atoms with Crippen LogP contribution in [0.1, 0.15) is 43.4 Å². The van der Waals surface area contributed by atoms with Gasteiger partial charge in [-0.1, -0.05) is 56.3 Å². The van der Waals surface area contributed by atoms with E-state index in [1.54, 1.807) is 0 Å². The van der Waals surface area contributed by atoms with Crippen LogP contribution in [0.2, 0.25) is 0 Å². The first-order chi connectivity index (χ1) is 11.6. The molecule has 0 saturated carbocycles. The van der Waals surface area contributed by atoms with Gasteiger partial charge in [-0.3, -0.25) is 4.79 Å². The summed E-state index contributed by atoms with van der Waals surface area (Å²) >= 11 is 0. The zero-order valence-electron chi connectivity index (χ0n) is 14.7. The van der Waals surface area contributed by atoms with Gasteiger partial charge in [-0.15, -0.1) is 0 Å². The summed E-state index contributed by atoms with van der Waals surface area (Å²) in [6.07, 6.45) is 0.437. The monoisotopic (exact) mass is 323 g/mol. The summed E-state index contributed by atoms with van der Waals surface area (Å²) in [5.41, 5.74) is 3.73. The Morgan fingerprint density at radius 2 is 1.67 bits per heavy atom. The van der Waals surface area contributed by atoms with E-state index in [4.69, 9.17) is 4.74 Å². The van der Waals surface area contributed by atoms with Gasteiger partial charge in [0.15, 0.2) is 6.10 Å². The first-order valence-corrected chi connectivity index (χ1v) is 8.67. The van der Waals surface area contributed by atoms with Gasteiger partial charge in [-0.25, -0.2) is 0 Å². The lowest BCUT2D eigenvalue weighted by molar-refractivity contribution is -0.138. The van der Waals surface area contributed by atoms with Gasteiger partial charge >= 0.3 is 0 Å². The molecule has 1 atom stereocenters. The molecule has 0 unspecified atom stereocenters. The standard InChI is InChI=1S/C21H25NO2/c1-15(2)19-10-6-7-11-20(19)24-16(3)21(23)22-13-12-17-8-4-5-9-18(17)14-22/h4-11,15-16H,12-14H2,1-3H3/t16-/m0/s1. The molecular weight excluding hydrogens is 298 g/mol. The smallest absolute Gasteiger partial charge is 0.263 e. The second-order valence-electron chi connectivity index (χ2n) is 6.73. The van der Waals surface area contributed by atoms with Crippen LogP contribution in [0.4, 0.5) is 0 Å². The molecule has 0 aliphatic carbocycles. The van der Waals surface area contributed by atoms with Crippen LogP contribution < -0.4 is 4.74 Å². The van der Waals surface area contributed by atoms with Crippen LogP contribution >= 0.6 is 0 Å². The molecular formula is C21H25NO2. The fraction of sp³-hybridized carbons (Fsp3) is 0.381. The quantitative estimate of drug-likeness (QED) is 0.845. The largest absolute Gasteiger partial charge is 0.481 e. The molecule has 2 aromatic carbocycles. The number of carbonyl (C=O) groups is 1. The Morgan fingerprint density at radius 3 is 2.42 bits per heavy atom. The fourth-order valence-electron chi connectivity index (χ4n) is 3.25. The molecule has 24 heavy (non-hydrogen) atoms. The number of amides is 1. The van der Waals surface area contributed by atoms with Gasteiger partial charge in [0, 0.05) is 13.1 Å². The first-order valence-electron chi connectivity index (χ1n) is 8.67. The molecule has 3 nitrogen and oxygen atoms in total. The highest BCUT2D eigenvalue weighted by molar-refractivity contribution is 5.81. The minimum absolute atomic E-state index is 0.0584. The van der Waals surface area contributed by atoms with Gasteiger partial charge < -0.3 is 9.64 Å². The van der Waals surface area contributed by atoms with Crippen molar-refractivity contribution in [3.63, 3.8) is 0 Å². The van der Waals surface area contributed by atoms with E-state index in [0.29, 0.717) is 12.5 Å². The molecule has 1 aliphatic rings. The Balaban J connectivity index is 1.70. The second-order valence-corrected chi connectivity index (χ2v) is 6.73. The molecule has 0 radical (unpaired) electrons. The summed E-state index contributed by atoms with van der Waals surface area (Å²) < 4.78 is 6.02. The number of fused-ring (bicyclic) bond motifs is 1. The summed E-state index contributed by atoms with van der Waals surface area (Å²) in [6.45, 7) is 7.55. The predicted molar refractivity (Wildman–Crippen MR) is 96.2 cm³/mol. The van der Waals surface area contributed by atoms with Crippen molar-refractivity contribution in [3.05, 3.63) is 65.2 Å². The van der Waals surface area contributed by atoms with Crippen LogP contribution in [0.25, 0.3) is 0 Å². The van der Waals surface area contributed by atoms with Crippen molar-refractivity contribution in [1.29, 1.82) is 0 Å². The number of ether oxygens (including phenoxy) is 1. The average molecular weight is 323 g/mol. The van der Waals surface area contributed by atoms with Gasteiger partial charge in [-0.05, 0) is 42.0 Å². The number of carbonyl (C=O) groups excluding carboxylic acids is 1. The maximum Gasteiger partial charge on any atom is 0.263 e. The van der Waals surface area contributed by atoms with E-state index in [1.165, 1.54) is 11.1 Å². The van der Waals surface area contributed by atoms with Gasteiger partial charge in [0.2, 0.25) is 0 Å². The normalized spacial score (nSPS) is 15.1. The highest BCUT2D eigenvalue weighted by atomic mass is 16.5. The zero-order chi connectivity index (χ0) is 17.1. The molecule has 3 rings (SSSR count). The SMILES string of the molecule is CC(C)c1ccccc1O[C@@H](C)C(=O)N1CCc2ccccc2C1. The molecule has 126 valence electrons. The topological polar surface area (TPSA) is 29.5 Å². The molecule has 1 heterocycles. The number of para-hydroxylation sites is 1. The number of nitrogens with zero attached hydrogens (tertiary/aromatic N) is 1. The van der Waals surface area contributed by atoms with Crippen LogP contribution in [-0.2, 0) is 17.8 Å². The van der Waals surface area contributed by atoms with Crippen LogP contribution in [0.3, 0.4) is 0 Å². The Bertz CT molecular complexity index is 723. The number of hydrogen-bond donors (Lipinski definition) is 0. The summed E-state index contributed by atoms with van der Waals surface area (Å²) in [4.78, 5) is 14.7. The fourth-order valence-corrected chi connectivity index (χ4v) is 3.25. The Kier molecular flexibility index (Phi) is 4.89. The van der Waals surface area contributed by atoms with E-state index in [1.807, 2.05) is 36.1 Å². The van der Waals surface area contributed by atoms with Crippen LogP contribution in [0.5, 0.6) is 5.75 Å². The van der Waals surface area contributed by atoms with Crippen molar-refractivity contribution in [2.75, 3.05) is 6.54 Å². The van der Waals surface area contributed by atoms with Gasteiger partial charge in [0.1, 0.15) is 5.75 Å². The predicted octanol–water partition coefficient (Wildman–Crippen LogP) is 4.16. The molecule has 0 saturated heterocycles. The Hall–Kier alpha value is -2.29. The zero-order valence-corrected chi connectivity index (χ0v) is 14.7. The molecule has 0 fully saturated rings. The van der Waals surface area contributed by atoms with E-state index >= 15 is 0 Å². The molecule has 0 bridgehead atoms. The lowest BCUT2D eigenvalue weighted by atomic mass is 9.99. The summed E-state index contributed by atoms with van der Waals surface area (Å²) in [5, 5.41) is 0. The third kappa shape index (κ3) is 3.45. The van der Waals surface area contributed by atoms with Crippen molar-refractivity contribution in [1.82, 2.24) is 4.90 Å². The van der Waals surface area contributed by atoms with E-state index < -0.39 is 6.10 Å². The summed E-state index contributed by atoms with van der Waals surface area (Å²) in [7, 11) is 0. The van der Waals surface area contributed by atoms with Crippen molar-refractivity contribution < 1.29 is 9.53 Å². The third-order valence-electron chi connectivity index (χ3n) is 4.63. The first kappa shape index (κ1) is 16.6. The molecule has 1 aliphatic heterocycles. The lowest BCUT2D eigenvalue weighted by Gasteiger charge is -2.31. The highest BCUT2D eigenvalue weighted by Crippen LogP contribution is 2.27. The minimum atomic E-state index is -0.477. The minimum Gasteiger partial charge on any atom is -0.481 e. The van der Waals surface area contributed by atoms with Crippen molar-refractivity contribution in [2.24, 2.45) is 0 Å². The highest BCUT2D eigenvalue weighted by Gasteiger charge is 2.26. The molecule has 3 heteroatoms. The second kappa shape index (κ2) is 7.08. The van der Waals surface area contributed by atoms with Crippen LogP contribution in [0, 0.1) is 0 Å². The molecule has 0 N–H and O–H groups in total. The Morgan fingerprint density at radius 1 is 1.00 bits per heavy atom. The summed E-state index contributed by atoms with van der Waals surface area (Å²) in [5.74, 6) is 1.24. The lowest BCUT2D eigenvalue weighted by Crippen LogP contribution is -2.43. The van der Waals surface area contributed by atoms with E-state index in [-0.39, 0.29) is 5.91 Å². The third-order valence-corrected chi connectivity index (χ3v) is 4.63. The Labute approximate surface area is 144 Å². The number of rotatable bonds is 4. The molecule has 0 spiro atoms. The average Bonchev–Trinajstić information content (AvgIpc) is 2.61. The van der Waals surface area contributed by atoms with E-state index in [0.717, 1.165) is 24.3 Å². The van der Waals surface area contributed by atoms with Crippen LogP contribution in [0.15, 0.2) is 48.5 Å². The van der Waals surface area contributed by atoms with E-state index in [9.17, 15) is 4.79 Å². The van der Waals surface area contributed by atoms with Gasteiger partial charge in [-0.2, -0.15) is 0 Å². The molecule has 2 aromatic rings. The maximum absolute atomic E-state index is 12.8. The van der Waals surface area contributed by atoms with Crippen LogP contribution in [-0.4, -0.2) is 23.5 Å². The van der Waals surface area contributed by atoms with Gasteiger partial charge in [0.25, 0.3) is 5.91 Å².